The second-order valence-electron chi connectivity index (χ2n) is 5.94. The van der Waals surface area contributed by atoms with Crippen LogP contribution < -0.4 is 9.62 Å². The van der Waals surface area contributed by atoms with Crippen LogP contribution in [0.25, 0.3) is 0 Å². The van der Waals surface area contributed by atoms with Crippen molar-refractivity contribution in [2.24, 2.45) is 5.92 Å². The summed E-state index contributed by atoms with van der Waals surface area (Å²) in [4.78, 5) is 0. The van der Waals surface area contributed by atoms with Crippen LogP contribution in [0.5, 0.6) is 0 Å². The molecule has 2 aliphatic rings. The molecule has 1 saturated heterocycles. The molecule has 1 heterocycles. The first kappa shape index (κ1) is 15.3. The average molecular weight is 324 g/mol. The summed E-state index contributed by atoms with van der Waals surface area (Å²) in [7, 11) is -3.36. The highest BCUT2D eigenvalue weighted by Crippen LogP contribution is 2.29. The van der Waals surface area contributed by atoms with Crippen molar-refractivity contribution in [3.63, 3.8) is 0 Å². The molecule has 0 radical (unpaired) electrons. The Hall–Kier alpha value is -1.56. The van der Waals surface area contributed by atoms with Crippen LogP contribution >= 0.6 is 0 Å². The first-order valence-corrected chi connectivity index (χ1v) is 9.36. The molecule has 4 nitrogen and oxygen atoms in total. The summed E-state index contributed by atoms with van der Waals surface area (Å²) in [6.07, 6.45) is 8.26. The van der Waals surface area contributed by atoms with Gasteiger partial charge in [-0.15, -0.1) is 0 Å². The van der Waals surface area contributed by atoms with Crippen LogP contribution in [-0.2, 0) is 10.0 Å². The number of hydrogen-bond acceptors (Lipinski definition) is 3. The van der Waals surface area contributed by atoms with Crippen molar-refractivity contribution in [2.75, 3.05) is 28.5 Å². The number of benzene rings is 1. The quantitative estimate of drug-likeness (QED) is 0.866. The summed E-state index contributed by atoms with van der Waals surface area (Å²) in [6.45, 7) is 1.18. The molecule has 0 aromatic heterocycles. The third-order valence-corrected chi connectivity index (χ3v) is 6.14. The van der Waals surface area contributed by atoms with E-state index in [0.29, 0.717) is 18.9 Å². The van der Waals surface area contributed by atoms with Crippen molar-refractivity contribution in [1.82, 2.24) is 0 Å². The second kappa shape index (κ2) is 6.28. The Bertz CT molecular complexity index is 673. The summed E-state index contributed by atoms with van der Waals surface area (Å²) in [5.74, 6) is 0.184. The minimum atomic E-state index is -3.36. The summed E-state index contributed by atoms with van der Waals surface area (Å²) in [5.41, 5.74) is 0.930. The van der Waals surface area contributed by atoms with E-state index in [1.165, 1.54) is 10.4 Å². The van der Waals surface area contributed by atoms with Crippen molar-refractivity contribution < 1.29 is 12.8 Å². The van der Waals surface area contributed by atoms with Gasteiger partial charge in [0.15, 0.2) is 0 Å². The molecule has 0 saturated carbocycles. The average Bonchev–Trinajstić information content (AvgIpc) is 2.87. The largest absolute Gasteiger partial charge is 0.385 e. The van der Waals surface area contributed by atoms with Gasteiger partial charge in [0.25, 0.3) is 0 Å². The number of anilines is 2. The number of allylic oxidation sites excluding steroid dienone is 2. The highest BCUT2D eigenvalue weighted by atomic mass is 32.2. The maximum absolute atomic E-state index is 14.0. The number of nitrogens with zero attached hydrogens (tertiary/aromatic N) is 1. The number of rotatable bonds is 4. The van der Waals surface area contributed by atoms with Crippen LogP contribution in [0.2, 0.25) is 0 Å². The van der Waals surface area contributed by atoms with Gasteiger partial charge >= 0.3 is 0 Å². The fourth-order valence-corrected chi connectivity index (χ4v) is 4.59. The topological polar surface area (TPSA) is 49.4 Å². The Morgan fingerprint density at radius 2 is 2.18 bits per heavy atom. The van der Waals surface area contributed by atoms with E-state index in [9.17, 15) is 12.8 Å². The van der Waals surface area contributed by atoms with Crippen molar-refractivity contribution >= 4 is 21.4 Å². The maximum atomic E-state index is 14.0. The van der Waals surface area contributed by atoms with E-state index in [-0.39, 0.29) is 11.4 Å². The highest BCUT2D eigenvalue weighted by Gasteiger charge is 2.30. The van der Waals surface area contributed by atoms with Gasteiger partial charge in [-0.3, -0.25) is 4.31 Å². The van der Waals surface area contributed by atoms with Crippen LogP contribution in [-0.4, -0.2) is 27.3 Å². The molecule has 1 N–H and O–H groups in total. The first-order valence-electron chi connectivity index (χ1n) is 7.75. The minimum absolute atomic E-state index is 0.0957. The zero-order valence-electron chi connectivity index (χ0n) is 12.5. The lowest BCUT2D eigenvalue weighted by atomic mass is 9.94. The van der Waals surface area contributed by atoms with Crippen LogP contribution in [0.3, 0.4) is 0 Å². The van der Waals surface area contributed by atoms with Crippen LogP contribution in [0, 0.1) is 11.7 Å². The highest BCUT2D eigenvalue weighted by molar-refractivity contribution is 7.93. The van der Waals surface area contributed by atoms with Gasteiger partial charge in [0.05, 0.1) is 11.4 Å². The predicted molar refractivity (Wildman–Crippen MR) is 87.1 cm³/mol. The molecule has 1 aliphatic heterocycles. The number of sulfonamides is 1. The second-order valence-corrected chi connectivity index (χ2v) is 7.95. The summed E-state index contributed by atoms with van der Waals surface area (Å²) in [5, 5.41) is 3.31. The standard InChI is InChI=1S/C16H21FN2O2S/c17-15-8-7-14(18-12-13-5-2-1-3-6-13)11-16(15)19-9-4-10-22(19,20)21/h1-2,7-8,11,13,18H,3-6,9-10,12H2/t13-/m0/s1. The van der Waals surface area contributed by atoms with E-state index in [4.69, 9.17) is 0 Å². The van der Waals surface area contributed by atoms with Crippen LogP contribution in [0.4, 0.5) is 15.8 Å². The molecule has 120 valence electrons. The van der Waals surface area contributed by atoms with Crippen molar-refractivity contribution in [3.8, 4) is 0 Å². The van der Waals surface area contributed by atoms with Gasteiger partial charge in [-0.2, -0.15) is 0 Å². The van der Waals surface area contributed by atoms with E-state index in [0.717, 1.165) is 31.5 Å². The smallest absolute Gasteiger partial charge is 0.235 e. The zero-order chi connectivity index (χ0) is 15.6. The van der Waals surface area contributed by atoms with E-state index in [2.05, 4.69) is 17.5 Å². The fraction of sp³-hybridized carbons (Fsp3) is 0.500. The van der Waals surface area contributed by atoms with E-state index < -0.39 is 15.8 Å². The molecule has 1 aliphatic carbocycles. The molecule has 0 amide bonds. The van der Waals surface area contributed by atoms with Gasteiger partial charge < -0.3 is 5.32 Å². The van der Waals surface area contributed by atoms with E-state index in [1.54, 1.807) is 12.1 Å². The summed E-state index contributed by atoms with van der Waals surface area (Å²) < 4.78 is 39.1. The van der Waals surface area contributed by atoms with Gasteiger partial charge in [-0.25, -0.2) is 12.8 Å². The van der Waals surface area contributed by atoms with Crippen LogP contribution in [0.1, 0.15) is 25.7 Å². The molecule has 1 aromatic rings. The van der Waals surface area contributed by atoms with E-state index >= 15 is 0 Å². The van der Waals surface area contributed by atoms with Gasteiger partial charge in [-0.1, -0.05) is 12.2 Å². The Balaban J connectivity index is 1.74. The van der Waals surface area contributed by atoms with Gasteiger partial charge in [-0.05, 0) is 49.8 Å². The van der Waals surface area contributed by atoms with E-state index in [1.807, 2.05) is 0 Å². The minimum Gasteiger partial charge on any atom is -0.385 e. The Kier molecular flexibility index (Phi) is 4.38. The third-order valence-electron chi connectivity index (χ3n) is 4.29. The fourth-order valence-electron chi connectivity index (χ4n) is 3.03. The molecule has 1 atom stereocenters. The van der Waals surface area contributed by atoms with Crippen molar-refractivity contribution in [2.45, 2.75) is 25.7 Å². The number of halogens is 1. The zero-order valence-corrected chi connectivity index (χ0v) is 13.3. The van der Waals surface area contributed by atoms with Gasteiger partial charge in [0, 0.05) is 18.8 Å². The van der Waals surface area contributed by atoms with Crippen molar-refractivity contribution in [3.05, 3.63) is 36.2 Å². The van der Waals surface area contributed by atoms with Gasteiger partial charge in [0.1, 0.15) is 5.82 Å². The summed E-state index contributed by atoms with van der Waals surface area (Å²) in [6, 6.07) is 4.61. The monoisotopic (exact) mass is 324 g/mol. The summed E-state index contributed by atoms with van der Waals surface area (Å²) >= 11 is 0. The molecule has 6 heteroatoms. The Morgan fingerprint density at radius 3 is 2.86 bits per heavy atom. The van der Waals surface area contributed by atoms with Crippen molar-refractivity contribution in [1.29, 1.82) is 0 Å². The molecule has 0 unspecified atom stereocenters. The molecule has 3 rings (SSSR count). The Morgan fingerprint density at radius 1 is 1.32 bits per heavy atom. The lowest BCUT2D eigenvalue weighted by Crippen LogP contribution is -2.26. The molecule has 0 spiro atoms. The molecular formula is C16H21FN2O2S. The molecule has 22 heavy (non-hydrogen) atoms. The molecule has 0 bridgehead atoms. The molecular weight excluding hydrogens is 303 g/mol. The SMILES string of the molecule is O=S1(=O)CCCN1c1cc(NC[C@H]2CC=CCC2)ccc1F. The lowest BCUT2D eigenvalue weighted by molar-refractivity contribution is 0.504. The maximum Gasteiger partial charge on any atom is 0.235 e. The predicted octanol–water partition coefficient (Wildman–Crippen LogP) is 3.13. The normalized spacial score (nSPS) is 23.7. The third kappa shape index (κ3) is 3.27. The number of nitrogens with one attached hydrogen (secondary N) is 1. The molecule has 1 aromatic carbocycles. The molecule has 1 fully saturated rings. The Labute approximate surface area is 131 Å². The number of hydrogen-bond donors (Lipinski definition) is 1. The van der Waals surface area contributed by atoms with Crippen LogP contribution in [0.15, 0.2) is 30.4 Å². The van der Waals surface area contributed by atoms with Gasteiger partial charge in [0.2, 0.25) is 10.0 Å². The first-order chi connectivity index (χ1) is 10.6. The lowest BCUT2D eigenvalue weighted by Gasteiger charge is -2.21.